The van der Waals surface area contributed by atoms with Gasteiger partial charge in [-0.15, -0.1) is 0 Å². The van der Waals surface area contributed by atoms with E-state index in [4.69, 9.17) is 9.47 Å². The van der Waals surface area contributed by atoms with E-state index in [0.717, 1.165) is 50.8 Å². The second-order valence-electron chi connectivity index (χ2n) is 20.4. The molecule has 4 N–H and O–H groups in total. The third-order valence-corrected chi connectivity index (χ3v) is 14.2. The van der Waals surface area contributed by atoms with Gasteiger partial charge in [-0.3, -0.25) is 39.3 Å². The van der Waals surface area contributed by atoms with Crippen molar-refractivity contribution >= 4 is 40.5 Å². The van der Waals surface area contributed by atoms with Gasteiger partial charge in [0.15, 0.2) is 0 Å². The number of benzene rings is 3. The lowest BCUT2D eigenvalue weighted by molar-refractivity contribution is -0.155. The molecule has 3 aromatic carbocycles. The first-order valence-corrected chi connectivity index (χ1v) is 24.8. The molecule has 2 fully saturated rings. The average Bonchev–Trinajstić information content (AvgIpc) is 4.10. The second-order valence-corrected chi connectivity index (χ2v) is 20.4. The Morgan fingerprint density at radius 3 is 2.48 bits per heavy atom. The molecule has 5 aromatic rings. The lowest BCUT2D eigenvalue weighted by Crippen LogP contribution is -2.62. The molecule has 3 aliphatic rings. The van der Waals surface area contributed by atoms with Crippen molar-refractivity contribution in [2.24, 2.45) is 11.3 Å². The number of hydrogen-bond donors (Lipinski definition) is 4. The number of esters is 1. The number of pyridine rings is 1. The number of amides is 4. The third kappa shape index (κ3) is 10.8. The first kappa shape index (κ1) is 50.6. The van der Waals surface area contributed by atoms with Crippen LogP contribution in [0, 0.1) is 11.3 Å². The molecule has 16 nitrogen and oxygen atoms in total. The van der Waals surface area contributed by atoms with Crippen molar-refractivity contribution in [2.45, 2.75) is 110 Å². The minimum absolute atomic E-state index is 0.0136. The summed E-state index contributed by atoms with van der Waals surface area (Å²) in [4.78, 5) is 78.0. The highest BCUT2D eigenvalue weighted by Crippen LogP contribution is 2.41. The molecule has 8 rings (SSSR count). The monoisotopic (exact) mass is 969 g/mol. The van der Waals surface area contributed by atoms with Crippen molar-refractivity contribution in [3.8, 4) is 33.9 Å². The molecule has 0 unspecified atom stereocenters. The van der Waals surface area contributed by atoms with Crippen LogP contribution in [-0.4, -0.2) is 124 Å². The number of carbonyl (C=O) groups is 5. The Labute approximate surface area is 416 Å². The standard InChI is InChI=1S/C55H68N8O8/c1-10-34-20-21-56-29-42(34)50-41-28-55(5,6)31-71-54(69)43-13-12-22-63(59-43)52(67)44(25-33-23-37(26-38(64)24-33)36-16-19-45(40(41)27-36)62(50)11-2)57-51(66)49(32(3)4)61(8)46(65)30-60(7)53(68)48-47(58-48)35-14-17-39(70-9)18-15-35/h14-21,23-24,26-27,29,32,43-44,47-49,58-59,64H,10-13,22,25,28,30-31H2,1-9H3,(H,57,66)/t43-,44-,47-,48-,49-/m0/s1. The Hall–Kier alpha value is -6.78. The number of cyclic esters (lactones) is 1. The van der Waals surface area contributed by atoms with Gasteiger partial charge in [-0.2, -0.15) is 0 Å². The molecule has 0 saturated carbocycles. The highest BCUT2D eigenvalue weighted by molar-refractivity contribution is 5.96. The summed E-state index contributed by atoms with van der Waals surface area (Å²) in [7, 11) is 4.67. The topological polar surface area (TPSA) is 198 Å². The molecule has 71 heavy (non-hydrogen) atoms. The number of carbonyl (C=O) groups excluding carboxylic acids is 5. The van der Waals surface area contributed by atoms with E-state index in [9.17, 15) is 29.1 Å². The molecule has 5 heterocycles. The largest absolute Gasteiger partial charge is 0.508 e. The summed E-state index contributed by atoms with van der Waals surface area (Å²) in [6.45, 7) is 12.9. The summed E-state index contributed by atoms with van der Waals surface area (Å²) in [6, 6.07) is 17.2. The van der Waals surface area contributed by atoms with Gasteiger partial charge in [-0.1, -0.05) is 58.9 Å². The van der Waals surface area contributed by atoms with Gasteiger partial charge in [0.2, 0.25) is 17.7 Å². The van der Waals surface area contributed by atoms with Gasteiger partial charge in [-0.05, 0) is 114 Å². The highest BCUT2D eigenvalue weighted by atomic mass is 16.5. The third-order valence-electron chi connectivity index (χ3n) is 14.2. The van der Waals surface area contributed by atoms with Crippen LogP contribution in [0.15, 0.2) is 79.1 Å². The predicted octanol–water partition coefficient (Wildman–Crippen LogP) is 5.97. The number of ether oxygens (including phenoxy) is 2. The van der Waals surface area contributed by atoms with Crippen LogP contribution in [0.4, 0.5) is 0 Å². The van der Waals surface area contributed by atoms with Crippen molar-refractivity contribution < 1.29 is 38.6 Å². The lowest BCUT2D eigenvalue weighted by Gasteiger charge is -2.37. The van der Waals surface area contributed by atoms with Crippen molar-refractivity contribution in [3.63, 3.8) is 0 Å². The number of hydrazine groups is 1. The number of rotatable bonds is 12. The van der Waals surface area contributed by atoms with Gasteiger partial charge in [0.05, 0.1) is 32.0 Å². The Bertz CT molecular complexity index is 2820. The summed E-state index contributed by atoms with van der Waals surface area (Å²) in [5, 5.41) is 19.9. The molecule has 0 aliphatic carbocycles. The highest BCUT2D eigenvalue weighted by Gasteiger charge is 2.45. The second kappa shape index (κ2) is 20.9. The minimum Gasteiger partial charge on any atom is -0.508 e. The van der Waals surface area contributed by atoms with E-state index in [-0.39, 0.29) is 43.8 Å². The number of aromatic hydroxyl groups is 1. The molecule has 6 bridgehead atoms. The van der Waals surface area contributed by atoms with Gasteiger partial charge >= 0.3 is 5.97 Å². The average molecular weight is 969 g/mol. The van der Waals surface area contributed by atoms with E-state index in [1.54, 1.807) is 26.3 Å². The molecule has 0 spiro atoms. The molecule has 2 aromatic heterocycles. The van der Waals surface area contributed by atoms with Gasteiger partial charge in [-0.25, -0.2) is 5.43 Å². The van der Waals surface area contributed by atoms with E-state index in [2.05, 4.69) is 71.5 Å². The van der Waals surface area contributed by atoms with Gasteiger partial charge in [0.1, 0.15) is 35.7 Å². The fraction of sp³-hybridized carbons (Fsp3) is 0.455. The number of phenols is 1. The molecular weight excluding hydrogens is 901 g/mol. The normalized spacial score (nSPS) is 20.5. The maximum Gasteiger partial charge on any atom is 0.324 e. The van der Waals surface area contributed by atoms with Crippen molar-refractivity contribution in [1.82, 2.24) is 40.4 Å². The number of likely N-dealkylation sites (N-methyl/N-ethyl adjacent to an activating group) is 2. The molecule has 5 atom stereocenters. The Morgan fingerprint density at radius 1 is 1.01 bits per heavy atom. The molecule has 2 saturated heterocycles. The van der Waals surface area contributed by atoms with Crippen LogP contribution >= 0.6 is 0 Å². The Balaban J connectivity index is 1.11. The summed E-state index contributed by atoms with van der Waals surface area (Å²) < 4.78 is 13.7. The van der Waals surface area contributed by atoms with Crippen LogP contribution in [0.1, 0.15) is 82.7 Å². The van der Waals surface area contributed by atoms with E-state index >= 15 is 0 Å². The quantitative estimate of drug-likeness (QED) is 0.0850. The molecule has 0 radical (unpaired) electrons. The number of methoxy groups -OCH3 is 1. The fourth-order valence-electron chi connectivity index (χ4n) is 10.4. The summed E-state index contributed by atoms with van der Waals surface area (Å²) >= 11 is 0. The van der Waals surface area contributed by atoms with Gasteiger partial charge in [0, 0.05) is 67.9 Å². The summed E-state index contributed by atoms with van der Waals surface area (Å²) in [6.07, 6.45) is 6.05. The van der Waals surface area contributed by atoms with Crippen LogP contribution < -0.4 is 20.8 Å². The molecular formula is C55H68N8O8. The Kier molecular flexibility index (Phi) is 14.9. The maximum atomic E-state index is 14.8. The maximum absolute atomic E-state index is 14.8. The van der Waals surface area contributed by atoms with Crippen LogP contribution in [0.5, 0.6) is 11.5 Å². The number of phenolic OH excluding ortho intramolecular Hbond substituents is 1. The van der Waals surface area contributed by atoms with E-state index in [1.807, 2.05) is 62.6 Å². The number of fused-ring (bicyclic) bond motifs is 6. The van der Waals surface area contributed by atoms with Crippen molar-refractivity contribution in [1.29, 1.82) is 0 Å². The zero-order valence-corrected chi connectivity index (χ0v) is 42.4. The van der Waals surface area contributed by atoms with Crippen LogP contribution in [-0.2, 0) is 54.5 Å². The number of nitrogens with one attached hydrogen (secondary N) is 3. The lowest BCUT2D eigenvalue weighted by atomic mass is 9.84. The number of hydrogen-bond acceptors (Lipinski definition) is 11. The first-order chi connectivity index (χ1) is 33.9. The molecule has 4 amide bonds. The minimum atomic E-state index is -1.19. The van der Waals surface area contributed by atoms with E-state index in [1.165, 1.54) is 27.4 Å². The van der Waals surface area contributed by atoms with Gasteiger partial charge in [0.25, 0.3) is 5.91 Å². The SMILES string of the molecule is CCc1ccncc1-c1c2c3cc(ccc3n1CC)-c1cc(O)cc(c1)C[C@H](NC(=O)[C@H](C(C)C)N(C)C(=O)CN(C)C(=O)[C@H]1N[C@H]1c1ccc(OC)cc1)C(=O)N1CCC[C@H](N1)C(=O)OCC(C)(C)C2. The molecule has 376 valence electrons. The Morgan fingerprint density at radius 2 is 1.77 bits per heavy atom. The van der Waals surface area contributed by atoms with Crippen LogP contribution in [0.25, 0.3) is 33.3 Å². The first-order valence-electron chi connectivity index (χ1n) is 24.8. The van der Waals surface area contributed by atoms with Crippen molar-refractivity contribution in [2.75, 3.05) is 40.9 Å². The molecule has 16 heteroatoms. The fourth-order valence-corrected chi connectivity index (χ4v) is 10.4. The molecule has 3 aliphatic heterocycles. The van der Waals surface area contributed by atoms with Crippen LogP contribution in [0.3, 0.4) is 0 Å². The summed E-state index contributed by atoms with van der Waals surface area (Å²) in [5.74, 6) is -1.97. The van der Waals surface area contributed by atoms with E-state index in [0.29, 0.717) is 37.1 Å². The van der Waals surface area contributed by atoms with Crippen LogP contribution in [0.2, 0.25) is 0 Å². The summed E-state index contributed by atoms with van der Waals surface area (Å²) in [5.41, 5.74) is 11.1. The van der Waals surface area contributed by atoms with E-state index < -0.39 is 59.2 Å². The zero-order chi connectivity index (χ0) is 50.9. The van der Waals surface area contributed by atoms with Crippen molar-refractivity contribution in [3.05, 3.63) is 101 Å². The number of nitrogens with zero attached hydrogens (tertiary/aromatic N) is 5. The smallest absolute Gasteiger partial charge is 0.324 e. The number of aryl methyl sites for hydroxylation is 2. The predicted molar refractivity (Wildman–Crippen MR) is 271 cm³/mol. The number of aromatic nitrogens is 2. The van der Waals surface area contributed by atoms with Gasteiger partial charge < -0.3 is 34.3 Å². The zero-order valence-electron chi connectivity index (χ0n) is 42.4.